The number of halogens is 1. The summed E-state index contributed by atoms with van der Waals surface area (Å²) in [7, 11) is 0. The zero-order valence-electron chi connectivity index (χ0n) is 7.03. The molecule has 0 bridgehead atoms. The Morgan fingerprint density at radius 1 is 1.62 bits per heavy atom. The molecule has 3 nitrogen and oxygen atoms in total. The summed E-state index contributed by atoms with van der Waals surface area (Å²) in [5.74, 6) is -0.181. The molecule has 1 N–H and O–H groups in total. The molecule has 1 aromatic carbocycles. The highest BCUT2D eigenvalue weighted by atomic mass is 127. The third kappa shape index (κ3) is 3.31. The van der Waals surface area contributed by atoms with Crippen LogP contribution in [0, 0.1) is 3.57 Å². The average molecular weight is 292 g/mol. The second-order valence-electron chi connectivity index (χ2n) is 2.55. The molecule has 0 fully saturated rings. The van der Waals surface area contributed by atoms with Crippen LogP contribution in [0.4, 0.5) is 0 Å². The van der Waals surface area contributed by atoms with Gasteiger partial charge in [-0.1, -0.05) is 6.07 Å². The van der Waals surface area contributed by atoms with Crippen LogP contribution in [0.1, 0.15) is 6.92 Å². The third-order valence-corrected chi connectivity index (χ3v) is 2.03. The van der Waals surface area contributed by atoms with Crippen molar-refractivity contribution in [3.8, 4) is 5.75 Å². The van der Waals surface area contributed by atoms with Crippen molar-refractivity contribution in [1.29, 1.82) is 0 Å². The fourth-order valence-corrected chi connectivity index (χ4v) is 1.25. The monoisotopic (exact) mass is 292 g/mol. The van der Waals surface area contributed by atoms with Gasteiger partial charge in [-0.2, -0.15) is 0 Å². The van der Waals surface area contributed by atoms with Gasteiger partial charge in [-0.15, -0.1) is 0 Å². The van der Waals surface area contributed by atoms with Gasteiger partial charge in [-0.25, -0.2) is 4.79 Å². The van der Waals surface area contributed by atoms with Crippen LogP contribution >= 0.6 is 22.6 Å². The largest absolute Gasteiger partial charge is 0.425 e. The molecule has 1 atom stereocenters. The van der Waals surface area contributed by atoms with E-state index < -0.39 is 12.1 Å². The zero-order valence-corrected chi connectivity index (χ0v) is 9.19. The normalized spacial score (nSPS) is 12.2. The van der Waals surface area contributed by atoms with Crippen molar-refractivity contribution in [2.75, 3.05) is 0 Å². The summed E-state index contributed by atoms with van der Waals surface area (Å²) in [5, 5.41) is 8.88. The highest BCUT2D eigenvalue weighted by molar-refractivity contribution is 14.1. The minimum atomic E-state index is -1.09. The Morgan fingerprint density at radius 2 is 2.31 bits per heavy atom. The molecule has 0 aliphatic heterocycles. The van der Waals surface area contributed by atoms with Crippen LogP contribution in [0.2, 0.25) is 0 Å². The number of hydrogen-bond donors (Lipinski definition) is 1. The molecule has 0 aliphatic carbocycles. The van der Waals surface area contributed by atoms with Gasteiger partial charge in [0.1, 0.15) is 11.9 Å². The van der Waals surface area contributed by atoms with Gasteiger partial charge >= 0.3 is 5.97 Å². The first-order valence-corrected chi connectivity index (χ1v) is 4.83. The lowest BCUT2D eigenvalue weighted by Crippen LogP contribution is -2.22. The summed E-state index contributed by atoms with van der Waals surface area (Å²) >= 11 is 2.12. The van der Waals surface area contributed by atoms with Crippen molar-refractivity contribution in [3.05, 3.63) is 27.8 Å². The Balaban J connectivity index is 2.69. The molecule has 0 spiro atoms. The van der Waals surface area contributed by atoms with Crippen LogP contribution in [0.15, 0.2) is 24.3 Å². The van der Waals surface area contributed by atoms with E-state index in [0.29, 0.717) is 5.75 Å². The Hall–Kier alpha value is -0.620. The number of rotatable bonds is 2. The van der Waals surface area contributed by atoms with Gasteiger partial charge in [0.2, 0.25) is 0 Å². The Bertz CT molecular complexity index is 309. The van der Waals surface area contributed by atoms with Crippen molar-refractivity contribution in [1.82, 2.24) is 0 Å². The molecular formula is C9H9IO3. The number of benzene rings is 1. The topological polar surface area (TPSA) is 46.5 Å². The summed E-state index contributed by atoms with van der Waals surface area (Å²) in [5.41, 5.74) is 0. The van der Waals surface area contributed by atoms with Crippen molar-refractivity contribution in [2.24, 2.45) is 0 Å². The maximum atomic E-state index is 10.9. The average Bonchev–Trinajstić information content (AvgIpc) is 2.04. The van der Waals surface area contributed by atoms with Gasteiger partial charge < -0.3 is 9.84 Å². The molecular weight excluding hydrogens is 283 g/mol. The summed E-state index contributed by atoms with van der Waals surface area (Å²) < 4.78 is 5.84. The first kappa shape index (κ1) is 10.5. The van der Waals surface area contributed by atoms with E-state index in [1.165, 1.54) is 6.92 Å². The van der Waals surface area contributed by atoms with Crippen LogP contribution in [0.25, 0.3) is 0 Å². The second kappa shape index (κ2) is 4.57. The molecule has 0 aliphatic rings. The number of ether oxygens (including phenoxy) is 1. The van der Waals surface area contributed by atoms with Crippen molar-refractivity contribution in [2.45, 2.75) is 13.0 Å². The van der Waals surface area contributed by atoms with Crippen molar-refractivity contribution < 1.29 is 14.6 Å². The van der Waals surface area contributed by atoms with E-state index in [-0.39, 0.29) is 0 Å². The smallest absolute Gasteiger partial charge is 0.340 e. The van der Waals surface area contributed by atoms with Crippen LogP contribution < -0.4 is 4.74 Å². The number of esters is 1. The van der Waals surface area contributed by atoms with E-state index in [4.69, 9.17) is 9.84 Å². The maximum absolute atomic E-state index is 10.9. The lowest BCUT2D eigenvalue weighted by atomic mass is 10.3. The molecule has 0 unspecified atom stereocenters. The predicted molar refractivity (Wildman–Crippen MR) is 56.5 cm³/mol. The number of carbonyl (C=O) groups is 1. The highest BCUT2D eigenvalue weighted by Gasteiger charge is 2.10. The van der Waals surface area contributed by atoms with Gasteiger partial charge in [0.15, 0.2) is 0 Å². The maximum Gasteiger partial charge on any atom is 0.340 e. The zero-order chi connectivity index (χ0) is 9.84. The molecule has 0 heterocycles. The summed E-state index contributed by atoms with van der Waals surface area (Å²) in [6.45, 7) is 1.37. The van der Waals surface area contributed by atoms with Crippen LogP contribution in [0.3, 0.4) is 0 Å². The molecule has 13 heavy (non-hydrogen) atoms. The molecule has 1 rings (SSSR count). The molecule has 0 radical (unpaired) electrons. The predicted octanol–water partition coefficient (Wildman–Crippen LogP) is 1.58. The fourth-order valence-electron chi connectivity index (χ4n) is 0.732. The molecule has 0 saturated heterocycles. The van der Waals surface area contributed by atoms with E-state index in [0.717, 1.165) is 3.57 Å². The minimum Gasteiger partial charge on any atom is -0.425 e. The molecule has 70 valence electrons. The van der Waals surface area contributed by atoms with Crippen LogP contribution in [-0.2, 0) is 4.79 Å². The first-order valence-electron chi connectivity index (χ1n) is 3.75. The molecule has 0 saturated carbocycles. The number of carbonyl (C=O) groups excluding carboxylic acids is 1. The fraction of sp³-hybridized carbons (Fsp3) is 0.222. The second-order valence-corrected chi connectivity index (χ2v) is 3.80. The molecule has 0 amide bonds. The quantitative estimate of drug-likeness (QED) is 0.511. The van der Waals surface area contributed by atoms with Gasteiger partial charge in [0, 0.05) is 3.57 Å². The van der Waals surface area contributed by atoms with E-state index in [2.05, 4.69) is 22.6 Å². The number of hydrogen-bond acceptors (Lipinski definition) is 3. The lowest BCUT2D eigenvalue weighted by molar-refractivity contribution is -0.142. The van der Waals surface area contributed by atoms with E-state index in [1.54, 1.807) is 18.2 Å². The standard InChI is InChI=1S/C9H9IO3/c1-6(11)9(12)13-8-4-2-3-7(10)5-8/h2-6,11H,1H3/t6-/m1/s1. The number of aliphatic hydroxyl groups excluding tert-OH is 1. The van der Waals surface area contributed by atoms with Crippen molar-refractivity contribution in [3.63, 3.8) is 0 Å². The summed E-state index contributed by atoms with van der Waals surface area (Å²) in [6.07, 6.45) is -1.09. The Labute approximate surface area is 89.9 Å². The first-order chi connectivity index (χ1) is 6.09. The highest BCUT2D eigenvalue weighted by Crippen LogP contribution is 2.15. The summed E-state index contributed by atoms with van der Waals surface area (Å²) in [6, 6.07) is 7.07. The summed E-state index contributed by atoms with van der Waals surface area (Å²) in [4.78, 5) is 10.9. The Kier molecular flexibility index (Phi) is 3.68. The van der Waals surface area contributed by atoms with Crippen LogP contribution in [-0.4, -0.2) is 17.2 Å². The Morgan fingerprint density at radius 3 is 2.85 bits per heavy atom. The third-order valence-electron chi connectivity index (χ3n) is 1.36. The van der Waals surface area contributed by atoms with Crippen molar-refractivity contribution >= 4 is 28.6 Å². The molecule has 0 aromatic heterocycles. The van der Waals surface area contributed by atoms with Gasteiger partial charge in [0.25, 0.3) is 0 Å². The van der Waals surface area contributed by atoms with E-state index in [9.17, 15) is 4.79 Å². The minimum absolute atomic E-state index is 0.456. The van der Waals surface area contributed by atoms with E-state index in [1.807, 2.05) is 6.07 Å². The molecule has 4 heteroatoms. The van der Waals surface area contributed by atoms with Gasteiger partial charge in [0.05, 0.1) is 0 Å². The van der Waals surface area contributed by atoms with Gasteiger partial charge in [-0.05, 0) is 47.7 Å². The van der Waals surface area contributed by atoms with Gasteiger partial charge in [-0.3, -0.25) is 0 Å². The van der Waals surface area contributed by atoms with Crippen LogP contribution in [0.5, 0.6) is 5.75 Å². The van der Waals surface area contributed by atoms with E-state index >= 15 is 0 Å². The lowest BCUT2D eigenvalue weighted by Gasteiger charge is -2.05. The SMILES string of the molecule is C[C@@H](O)C(=O)Oc1cccc(I)c1. The molecule has 1 aromatic rings. The number of aliphatic hydroxyl groups is 1.